The fraction of sp³-hybridized carbons (Fsp3) is 0.417. The smallest absolute Gasteiger partial charge is 0.0684 e. The molecule has 0 aliphatic rings. The van der Waals surface area contributed by atoms with Gasteiger partial charge in [0.15, 0.2) is 0 Å². The molecule has 1 unspecified atom stereocenters. The molecular formula is C12H16N2O. The Kier molecular flexibility index (Phi) is 2.49. The number of benzene rings is 1. The molecule has 0 bridgehead atoms. The van der Waals surface area contributed by atoms with Gasteiger partial charge in [0.25, 0.3) is 0 Å². The SMILES string of the molecule is Cc1nn(C)c2cccc(C(C)CO)c12. The van der Waals surface area contributed by atoms with E-state index in [9.17, 15) is 5.11 Å². The molecule has 1 N–H and O–H groups in total. The molecule has 0 radical (unpaired) electrons. The summed E-state index contributed by atoms with van der Waals surface area (Å²) in [7, 11) is 1.95. The van der Waals surface area contributed by atoms with Crippen molar-refractivity contribution in [3.8, 4) is 0 Å². The van der Waals surface area contributed by atoms with E-state index < -0.39 is 0 Å². The van der Waals surface area contributed by atoms with Crippen LogP contribution in [0.3, 0.4) is 0 Å². The first kappa shape index (κ1) is 10.2. The lowest BCUT2D eigenvalue weighted by Gasteiger charge is -2.09. The summed E-state index contributed by atoms with van der Waals surface area (Å²) in [5.41, 5.74) is 3.34. The topological polar surface area (TPSA) is 38.0 Å². The van der Waals surface area contributed by atoms with Gasteiger partial charge in [0.05, 0.1) is 11.2 Å². The first-order valence-corrected chi connectivity index (χ1v) is 5.18. The average Bonchev–Trinajstić information content (AvgIpc) is 2.54. The molecule has 0 aliphatic heterocycles. The van der Waals surface area contributed by atoms with E-state index in [4.69, 9.17) is 0 Å². The predicted octanol–water partition coefficient (Wildman–Crippen LogP) is 1.98. The second-order valence-electron chi connectivity index (χ2n) is 4.03. The fourth-order valence-corrected chi connectivity index (χ4v) is 2.06. The molecule has 0 amide bonds. The van der Waals surface area contributed by atoms with Gasteiger partial charge in [-0.15, -0.1) is 0 Å². The van der Waals surface area contributed by atoms with Gasteiger partial charge in [-0.3, -0.25) is 4.68 Å². The molecule has 0 saturated carbocycles. The maximum Gasteiger partial charge on any atom is 0.0684 e. The standard InChI is InChI=1S/C12H16N2O/c1-8(7-15)10-5-4-6-11-12(10)9(2)13-14(11)3/h4-6,8,15H,7H2,1-3H3. The number of hydrogen-bond acceptors (Lipinski definition) is 2. The molecule has 15 heavy (non-hydrogen) atoms. The van der Waals surface area contributed by atoms with Crippen molar-refractivity contribution in [2.45, 2.75) is 19.8 Å². The van der Waals surface area contributed by atoms with E-state index in [1.165, 1.54) is 10.9 Å². The van der Waals surface area contributed by atoms with Crippen LogP contribution in [0.1, 0.15) is 24.1 Å². The maximum absolute atomic E-state index is 9.22. The Hall–Kier alpha value is -1.35. The molecule has 1 heterocycles. The van der Waals surface area contributed by atoms with Crippen molar-refractivity contribution in [3.05, 3.63) is 29.5 Å². The third-order valence-corrected chi connectivity index (χ3v) is 2.89. The third-order valence-electron chi connectivity index (χ3n) is 2.89. The minimum Gasteiger partial charge on any atom is -0.396 e. The van der Waals surface area contributed by atoms with Crippen LogP contribution in [-0.2, 0) is 7.05 Å². The number of hydrogen-bond donors (Lipinski definition) is 1. The zero-order valence-electron chi connectivity index (χ0n) is 9.36. The van der Waals surface area contributed by atoms with Crippen LogP contribution in [-0.4, -0.2) is 21.5 Å². The highest BCUT2D eigenvalue weighted by Crippen LogP contribution is 2.27. The zero-order chi connectivity index (χ0) is 11.0. The molecule has 2 rings (SSSR count). The van der Waals surface area contributed by atoms with Crippen LogP contribution in [0.15, 0.2) is 18.2 Å². The van der Waals surface area contributed by atoms with Gasteiger partial charge in [0.1, 0.15) is 0 Å². The second-order valence-corrected chi connectivity index (χ2v) is 4.03. The lowest BCUT2D eigenvalue weighted by Crippen LogP contribution is -1.99. The Bertz CT molecular complexity index is 488. The summed E-state index contributed by atoms with van der Waals surface area (Å²) in [4.78, 5) is 0. The van der Waals surface area contributed by atoms with E-state index in [1.807, 2.05) is 31.6 Å². The lowest BCUT2D eigenvalue weighted by molar-refractivity contribution is 0.273. The van der Waals surface area contributed by atoms with Crippen molar-refractivity contribution in [1.29, 1.82) is 0 Å². The van der Waals surface area contributed by atoms with Gasteiger partial charge in [-0.25, -0.2) is 0 Å². The van der Waals surface area contributed by atoms with Crippen LogP contribution in [0.4, 0.5) is 0 Å². The summed E-state index contributed by atoms with van der Waals surface area (Å²) in [6.45, 7) is 4.21. The summed E-state index contributed by atoms with van der Waals surface area (Å²) in [5, 5.41) is 14.8. The van der Waals surface area contributed by atoms with Gasteiger partial charge >= 0.3 is 0 Å². The number of fused-ring (bicyclic) bond motifs is 1. The van der Waals surface area contributed by atoms with Gasteiger partial charge in [0.2, 0.25) is 0 Å². The van der Waals surface area contributed by atoms with Gasteiger partial charge in [-0.2, -0.15) is 5.10 Å². The zero-order valence-corrected chi connectivity index (χ0v) is 9.36. The Balaban J connectivity index is 2.75. The first-order chi connectivity index (χ1) is 7.15. The monoisotopic (exact) mass is 204 g/mol. The summed E-state index contributed by atoms with van der Waals surface area (Å²) in [5.74, 6) is 0.164. The molecule has 3 nitrogen and oxygen atoms in total. The van der Waals surface area contributed by atoms with E-state index >= 15 is 0 Å². The minimum absolute atomic E-state index is 0.164. The number of aromatic nitrogens is 2. The summed E-state index contributed by atoms with van der Waals surface area (Å²) in [6.07, 6.45) is 0. The number of aliphatic hydroxyl groups is 1. The van der Waals surface area contributed by atoms with E-state index in [-0.39, 0.29) is 12.5 Å². The Morgan fingerprint density at radius 2 is 2.20 bits per heavy atom. The first-order valence-electron chi connectivity index (χ1n) is 5.18. The third kappa shape index (κ3) is 1.53. The van der Waals surface area contributed by atoms with E-state index in [2.05, 4.69) is 17.2 Å². The van der Waals surface area contributed by atoms with Crippen molar-refractivity contribution in [2.75, 3.05) is 6.61 Å². The van der Waals surface area contributed by atoms with E-state index in [1.54, 1.807) is 0 Å². The van der Waals surface area contributed by atoms with E-state index in [0.717, 1.165) is 11.2 Å². The molecule has 0 spiro atoms. The van der Waals surface area contributed by atoms with Crippen LogP contribution in [0.25, 0.3) is 10.9 Å². The molecule has 1 aromatic heterocycles. The largest absolute Gasteiger partial charge is 0.396 e. The number of aryl methyl sites for hydroxylation is 2. The van der Waals surface area contributed by atoms with Crippen LogP contribution < -0.4 is 0 Å². The van der Waals surface area contributed by atoms with Crippen molar-refractivity contribution >= 4 is 10.9 Å². The maximum atomic E-state index is 9.22. The molecule has 0 saturated heterocycles. The molecular weight excluding hydrogens is 188 g/mol. The number of aliphatic hydroxyl groups excluding tert-OH is 1. The summed E-state index contributed by atoms with van der Waals surface area (Å²) in [6, 6.07) is 6.14. The normalized spacial score (nSPS) is 13.3. The van der Waals surface area contributed by atoms with Crippen molar-refractivity contribution < 1.29 is 5.11 Å². The average molecular weight is 204 g/mol. The second kappa shape index (κ2) is 3.66. The Morgan fingerprint density at radius 1 is 1.47 bits per heavy atom. The Labute approximate surface area is 89.3 Å². The summed E-state index contributed by atoms with van der Waals surface area (Å²) >= 11 is 0. The molecule has 80 valence electrons. The van der Waals surface area contributed by atoms with Gasteiger partial charge < -0.3 is 5.11 Å². The van der Waals surface area contributed by atoms with Crippen LogP contribution in [0.2, 0.25) is 0 Å². The van der Waals surface area contributed by atoms with Crippen LogP contribution in [0.5, 0.6) is 0 Å². The van der Waals surface area contributed by atoms with Crippen molar-refractivity contribution in [1.82, 2.24) is 9.78 Å². The molecule has 0 aliphatic carbocycles. The lowest BCUT2D eigenvalue weighted by atomic mass is 9.97. The molecule has 2 aromatic rings. The fourth-order valence-electron chi connectivity index (χ4n) is 2.06. The highest BCUT2D eigenvalue weighted by atomic mass is 16.3. The van der Waals surface area contributed by atoms with Gasteiger partial charge in [0, 0.05) is 25.0 Å². The van der Waals surface area contributed by atoms with Crippen molar-refractivity contribution in [2.24, 2.45) is 7.05 Å². The van der Waals surface area contributed by atoms with Crippen LogP contribution >= 0.6 is 0 Å². The van der Waals surface area contributed by atoms with Crippen molar-refractivity contribution in [3.63, 3.8) is 0 Å². The number of rotatable bonds is 2. The molecule has 3 heteroatoms. The highest BCUT2D eigenvalue weighted by Gasteiger charge is 2.13. The molecule has 0 fully saturated rings. The highest BCUT2D eigenvalue weighted by molar-refractivity contribution is 5.85. The number of nitrogens with zero attached hydrogens (tertiary/aromatic N) is 2. The van der Waals surface area contributed by atoms with Crippen LogP contribution in [0, 0.1) is 6.92 Å². The molecule has 1 atom stereocenters. The predicted molar refractivity (Wildman–Crippen MR) is 61.0 cm³/mol. The van der Waals surface area contributed by atoms with Gasteiger partial charge in [-0.05, 0) is 18.6 Å². The minimum atomic E-state index is 0.164. The quantitative estimate of drug-likeness (QED) is 0.812. The molecule has 1 aromatic carbocycles. The van der Waals surface area contributed by atoms with Gasteiger partial charge in [-0.1, -0.05) is 19.1 Å². The van der Waals surface area contributed by atoms with E-state index in [0.29, 0.717) is 0 Å². The Morgan fingerprint density at radius 3 is 2.87 bits per heavy atom. The summed E-state index contributed by atoms with van der Waals surface area (Å²) < 4.78 is 1.89.